The highest BCUT2D eigenvalue weighted by Crippen LogP contribution is 2.33. The van der Waals surface area contributed by atoms with Crippen molar-refractivity contribution < 1.29 is 19.1 Å². The van der Waals surface area contributed by atoms with Crippen LogP contribution in [0.25, 0.3) is 17.4 Å². The number of carbonyl (C=O) groups is 2. The Balaban J connectivity index is 1.77. The molecular formula is C17H11ClNO4S2-. The van der Waals surface area contributed by atoms with E-state index in [0.29, 0.717) is 25.8 Å². The van der Waals surface area contributed by atoms with Crippen LogP contribution in [0.4, 0.5) is 0 Å². The number of hydrogen-bond acceptors (Lipinski definition) is 6. The van der Waals surface area contributed by atoms with Gasteiger partial charge in [0, 0.05) is 35.6 Å². The molecule has 1 aliphatic heterocycles. The number of amides is 1. The molecule has 1 fully saturated rings. The SMILES string of the molecule is O=C([O-])CCN1C(=O)/C(=C\c2ccc(-c3ccc(Cl)cc3)o2)SC1=S. The lowest BCUT2D eigenvalue weighted by Gasteiger charge is -2.14. The lowest BCUT2D eigenvalue weighted by Crippen LogP contribution is -2.33. The molecule has 0 saturated carbocycles. The minimum Gasteiger partial charge on any atom is -0.550 e. The van der Waals surface area contributed by atoms with Gasteiger partial charge in [0.15, 0.2) is 0 Å². The first-order chi connectivity index (χ1) is 11.9. The summed E-state index contributed by atoms with van der Waals surface area (Å²) in [6, 6.07) is 10.8. The van der Waals surface area contributed by atoms with E-state index >= 15 is 0 Å². The second kappa shape index (κ2) is 7.43. The molecule has 3 rings (SSSR count). The summed E-state index contributed by atoms with van der Waals surface area (Å²) in [6.45, 7) is -0.00147. The average molecular weight is 393 g/mol. The number of rotatable bonds is 5. The van der Waals surface area contributed by atoms with Crippen molar-refractivity contribution in [3.05, 3.63) is 52.1 Å². The third-order valence-corrected chi connectivity index (χ3v) is 5.07. The fourth-order valence-corrected chi connectivity index (χ4v) is 3.64. The summed E-state index contributed by atoms with van der Waals surface area (Å²) in [7, 11) is 0. The maximum atomic E-state index is 12.3. The van der Waals surface area contributed by atoms with E-state index in [9.17, 15) is 14.7 Å². The molecule has 0 unspecified atom stereocenters. The molecular weight excluding hydrogens is 382 g/mol. The van der Waals surface area contributed by atoms with Crippen LogP contribution < -0.4 is 5.11 Å². The first-order valence-electron chi connectivity index (χ1n) is 7.25. The Hall–Kier alpha value is -2.09. The summed E-state index contributed by atoms with van der Waals surface area (Å²) in [5.74, 6) is -0.405. The van der Waals surface area contributed by atoms with Crippen molar-refractivity contribution in [2.24, 2.45) is 0 Å². The van der Waals surface area contributed by atoms with Gasteiger partial charge in [0.05, 0.1) is 4.91 Å². The lowest BCUT2D eigenvalue weighted by atomic mass is 10.2. The molecule has 0 aliphatic carbocycles. The summed E-state index contributed by atoms with van der Waals surface area (Å²) >= 11 is 12.1. The van der Waals surface area contributed by atoms with Gasteiger partial charge in [0.25, 0.3) is 5.91 Å². The molecule has 25 heavy (non-hydrogen) atoms. The smallest absolute Gasteiger partial charge is 0.266 e. The average Bonchev–Trinajstić information content (AvgIpc) is 3.12. The zero-order valence-electron chi connectivity index (χ0n) is 12.7. The van der Waals surface area contributed by atoms with Gasteiger partial charge < -0.3 is 14.3 Å². The molecule has 128 valence electrons. The van der Waals surface area contributed by atoms with Crippen LogP contribution in [0.15, 0.2) is 45.7 Å². The zero-order valence-corrected chi connectivity index (χ0v) is 15.1. The molecule has 5 nitrogen and oxygen atoms in total. The third-order valence-electron chi connectivity index (χ3n) is 3.44. The normalized spacial score (nSPS) is 16.0. The molecule has 0 bridgehead atoms. The first-order valence-corrected chi connectivity index (χ1v) is 8.85. The Morgan fingerprint density at radius 3 is 2.68 bits per heavy atom. The maximum Gasteiger partial charge on any atom is 0.266 e. The van der Waals surface area contributed by atoms with E-state index in [1.807, 2.05) is 12.1 Å². The summed E-state index contributed by atoms with van der Waals surface area (Å²) in [4.78, 5) is 24.5. The molecule has 1 aliphatic rings. The summed E-state index contributed by atoms with van der Waals surface area (Å²) in [5, 5.41) is 11.2. The maximum absolute atomic E-state index is 12.3. The molecule has 2 heterocycles. The highest BCUT2D eigenvalue weighted by atomic mass is 35.5. The van der Waals surface area contributed by atoms with Gasteiger partial charge in [-0.1, -0.05) is 35.6 Å². The van der Waals surface area contributed by atoms with Crippen molar-refractivity contribution in [3.8, 4) is 11.3 Å². The summed E-state index contributed by atoms with van der Waals surface area (Å²) < 4.78 is 6.06. The lowest BCUT2D eigenvalue weighted by molar-refractivity contribution is -0.305. The molecule has 0 atom stereocenters. The predicted molar refractivity (Wildman–Crippen MR) is 98.7 cm³/mol. The number of thiocarbonyl (C=S) groups is 1. The Labute approximate surface area is 158 Å². The minimum absolute atomic E-state index is 0.00147. The molecule has 2 aromatic rings. The van der Waals surface area contributed by atoms with E-state index in [0.717, 1.165) is 17.3 Å². The number of carboxylic acid groups (broad SMARTS) is 1. The Morgan fingerprint density at radius 2 is 2.00 bits per heavy atom. The number of benzene rings is 1. The van der Waals surface area contributed by atoms with E-state index in [-0.39, 0.29) is 18.9 Å². The molecule has 0 spiro atoms. The van der Waals surface area contributed by atoms with Crippen molar-refractivity contribution in [3.63, 3.8) is 0 Å². The number of aliphatic carboxylic acids is 1. The van der Waals surface area contributed by atoms with Crippen molar-refractivity contribution in [1.82, 2.24) is 4.90 Å². The van der Waals surface area contributed by atoms with Gasteiger partial charge in [0.2, 0.25) is 0 Å². The van der Waals surface area contributed by atoms with E-state index < -0.39 is 5.97 Å². The second-order valence-corrected chi connectivity index (χ2v) is 7.28. The molecule has 0 radical (unpaired) electrons. The molecule has 1 saturated heterocycles. The van der Waals surface area contributed by atoms with E-state index in [2.05, 4.69) is 0 Å². The van der Waals surface area contributed by atoms with Crippen LogP contribution in [-0.2, 0) is 9.59 Å². The Bertz CT molecular complexity index is 873. The van der Waals surface area contributed by atoms with Crippen LogP contribution in [-0.4, -0.2) is 27.6 Å². The van der Waals surface area contributed by atoms with Crippen molar-refractivity contribution in [1.29, 1.82) is 0 Å². The number of furan rings is 1. The van der Waals surface area contributed by atoms with Gasteiger partial charge in [-0.25, -0.2) is 0 Å². The number of carboxylic acids is 1. The topological polar surface area (TPSA) is 73.6 Å². The zero-order chi connectivity index (χ0) is 18.0. The van der Waals surface area contributed by atoms with E-state index in [1.54, 1.807) is 30.3 Å². The van der Waals surface area contributed by atoms with Gasteiger partial charge in [-0.2, -0.15) is 0 Å². The van der Waals surface area contributed by atoms with Crippen LogP contribution in [0, 0.1) is 0 Å². The highest BCUT2D eigenvalue weighted by Gasteiger charge is 2.31. The monoisotopic (exact) mass is 392 g/mol. The number of hydrogen-bond donors (Lipinski definition) is 0. The fourth-order valence-electron chi connectivity index (χ4n) is 2.22. The largest absolute Gasteiger partial charge is 0.550 e. The van der Waals surface area contributed by atoms with Gasteiger partial charge in [-0.15, -0.1) is 0 Å². The van der Waals surface area contributed by atoms with Crippen LogP contribution >= 0.6 is 35.6 Å². The standard InChI is InChI=1S/C17H12ClNO4S2/c18-11-3-1-10(2-4-11)13-6-5-12(23-13)9-14-16(22)19(17(24)25-14)8-7-15(20)21/h1-6,9H,7-8H2,(H,20,21)/p-1/b14-9+. The Morgan fingerprint density at radius 1 is 1.28 bits per heavy atom. The van der Waals surface area contributed by atoms with Crippen LogP contribution in [0.2, 0.25) is 5.02 Å². The molecule has 1 amide bonds. The second-order valence-electron chi connectivity index (χ2n) is 5.16. The molecule has 1 aromatic carbocycles. The summed E-state index contributed by atoms with van der Waals surface area (Å²) in [6.07, 6.45) is 1.33. The number of thioether (sulfide) groups is 1. The number of halogens is 1. The first kappa shape index (κ1) is 17.7. The number of nitrogens with zero attached hydrogens (tertiary/aromatic N) is 1. The molecule has 8 heteroatoms. The van der Waals surface area contributed by atoms with Crippen LogP contribution in [0.3, 0.4) is 0 Å². The minimum atomic E-state index is -1.23. The van der Waals surface area contributed by atoms with E-state index in [1.165, 1.54) is 4.90 Å². The highest BCUT2D eigenvalue weighted by molar-refractivity contribution is 8.26. The van der Waals surface area contributed by atoms with Crippen molar-refractivity contribution in [2.45, 2.75) is 6.42 Å². The molecule has 0 N–H and O–H groups in total. The summed E-state index contributed by atoms with van der Waals surface area (Å²) in [5.41, 5.74) is 0.866. The van der Waals surface area contributed by atoms with Crippen LogP contribution in [0.1, 0.15) is 12.2 Å². The third kappa shape index (κ3) is 4.12. The van der Waals surface area contributed by atoms with Crippen molar-refractivity contribution in [2.75, 3.05) is 6.54 Å². The van der Waals surface area contributed by atoms with Gasteiger partial charge >= 0.3 is 0 Å². The van der Waals surface area contributed by atoms with Crippen molar-refractivity contribution >= 4 is 57.9 Å². The van der Waals surface area contributed by atoms with Crippen LogP contribution in [0.5, 0.6) is 0 Å². The number of carbonyl (C=O) groups excluding carboxylic acids is 2. The predicted octanol–water partition coefficient (Wildman–Crippen LogP) is 2.94. The quantitative estimate of drug-likeness (QED) is 0.575. The van der Waals surface area contributed by atoms with Gasteiger partial charge in [-0.05, 0) is 36.4 Å². The van der Waals surface area contributed by atoms with Gasteiger partial charge in [0.1, 0.15) is 15.8 Å². The fraction of sp³-hybridized carbons (Fsp3) is 0.118. The van der Waals surface area contributed by atoms with E-state index in [4.69, 9.17) is 28.2 Å². The Kier molecular flexibility index (Phi) is 5.27. The van der Waals surface area contributed by atoms with Gasteiger partial charge in [-0.3, -0.25) is 9.69 Å². The molecule has 1 aromatic heterocycles.